The van der Waals surface area contributed by atoms with Gasteiger partial charge < -0.3 is 14.4 Å². The van der Waals surface area contributed by atoms with Crippen LogP contribution in [0.15, 0.2) is 53.3 Å². The van der Waals surface area contributed by atoms with Crippen LogP contribution >= 0.6 is 0 Å². The summed E-state index contributed by atoms with van der Waals surface area (Å²) in [6.07, 6.45) is 0.619. The number of hydrogen-bond acceptors (Lipinski definition) is 4. The molecule has 4 rings (SSSR count). The summed E-state index contributed by atoms with van der Waals surface area (Å²) in [7, 11) is 0. The molecule has 1 fully saturated rings. The van der Waals surface area contributed by atoms with Gasteiger partial charge in [-0.05, 0) is 30.5 Å². The molecule has 0 saturated carbocycles. The van der Waals surface area contributed by atoms with Crippen LogP contribution in [0, 0.1) is 5.92 Å². The topological polar surface area (TPSA) is 54.7 Å². The van der Waals surface area contributed by atoms with E-state index in [2.05, 4.69) is 11.0 Å². The fourth-order valence-corrected chi connectivity index (χ4v) is 4.20. The molecule has 1 unspecified atom stereocenters. The lowest BCUT2D eigenvalue weighted by molar-refractivity contribution is 0.0384. The summed E-state index contributed by atoms with van der Waals surface area (Å²) in [6.45, 7) is 3.52. The first-order valence-electron chi connectivity index (χ1n) is 8.97. The van der Waals surface area contributed by atoms with Crippen molar-refractivity contribution < 1.29 is 9.84 Å². The average Bonchev–Trinajstić information content (AvgIpc) is 2.62. The van der Waals surface area contributed by atoms with Gasteiger partial charge in [0.1, 0.15) is 18.5 Å². The second-order valence-corrected chi connectivity index (χ2v) is 7.19. The molecule has 1 aromatic heterocycles. The Morgan fingerprint density at radius 3 is 2.76 bits per heavy atom. The van der Waals surface area contributed by atoms with Gasteiger partial charge >= 0.3 is 0 Å². The smallest absolute Gasteiger partial charge is 0.250 e. The van der Waals surface area contributed by atoms with Crippen molar-refractivity contribution in [3.63, 3.8) is 0 Å². The number of β-amino-alcohol motifs (C(OH)–C–C–N with tert-alkyl or cyclic N) is 1. The Morgan fingerprint density at radius 2 is 1.92 bits per heavy atom. The molecule has 2 aliphatic heterocycles. The molecule has 2 bridgehead atoms. The number of para-hydroxylation sites is 1. The van der Waals surface area contributed by atoms with Crippen LogP contribution in [0.4, 0.5) is 0 Å². The Labute approximate surface area is 147 Å². The first kappa shape index (κ1) is 16.4. The summed E-state index contributed by atoms with van der Waals surface area (Å²) in [5.41, 5.74) is 1.25. The van der Waals surface area contributed by atoms with E-state index >= 15 is 0 Å². The third-order valence-corrected chi connectivity index (χ3v) is 5.21. The highest BCUT2D eigenvalue weighted by Gasteiger charge is 2.34. The van der Waals surface area contributed by atoms with Crippen molar-refractivity contribution in [2.75, 3.05) is 26.2 Å². The standard InChI is InChI=1S/C20H24N2O3/c23-17(14-25-18-5-2-1-3-6-18)13-21-10-15-9-16(12-21)19-7-4-8-20(24)22(19)11-15/h1-8,15-17,23H,9-14H2/t15-,16-,17?/m0/s1. The summed E-state index contributed by atoms with van der Waals surface area (Å²) in [5, 5.41) is 10.3. The number of likely N-dealkylation sites (tertiary alicyclic amines) is 1. The van der Waals surface area contributed by atoms with Crippen molar-refractivity contribution in [1.29, 1.82) is 0 Å². The molecule has 3 atom stereocenters. The quantitative estimate of drug-likeness (QED) is 0.900. The second-order valence-electron chi connectivity index (χ2n) is 7.19. The van der Waals surface area contributed by atoms with E-state index in [4.69, 9.17) is 4.74 Å². The molecular formula is C20H24N2O3. The average molecular weight is 340 g/mol. The monoisotopic (exact) mass is 340 g/mol. The highest BCUT2D eigenvalue weighted by molar-refractivity contribution is 5.21. The molecule has 0 amide bonds. The number of rotatable bonds is 5. The molecule has 1 saturated heterocycles. The van der Waals surface area contributed by atoms with E-state index in [0.29, 0.717) is 25.0 Å². The lowest BCUT2D eigenvalue weighted by atomic mass is 9.83. The molecule has 2 aromatic rings. The van der Waals surface area contributed by atoms with Crippen LogP contribution in [0.5, 0.6) is 5.75 Å². The van der Waals surface area contributed by atoms with E-state index in [9.17, 15) is 9.90 Å². The highest BCUT2D eigenvalue weighted by Crippen LogP contribution is 2.34. The SMILES string of the molecule is O=c1cccc2n1C[C@H]1C[C@H]2CN(CC(O)COc2ccccc2)C1. The Morgan fingerprint density at radius 1 is 1.08 bits per heavy atom. The van der Waals surface area contributed by atoms with Crippen LogP contribution in [-0.4, -0.2) is 46.9 Å². The van der Waals surface area contributed by atoms with Crippen LogP contribution in [0.1, 0.15) is 18.0 Å². The maximum absolute atomic E-state index is 12.1. The summed E-state index contributed by atoms with van der Waals surface area (Å²) in [4.78, 5) is 14.4. The lowest BCUT2D eigenvalue weighted by Crippen LogP contribution is -2.49. The number of hydrogen-bond donors (Lipinski definition) is 1. The number of piperidine rings is 1. The van der Waals surface area contributed by atoms with Crippen LogP contribution in [0.3, 0.4) is 0 Å². The Balaban J connectivity index is 1.36. The van der Waals surface area contributed by atoms with Gasteiger partial charge in [0.15, 0.2) is 0 Å². The van der Waals surface area contributed by atoms with Gasteiger partial charge in [0, 0.05) is 43.9 Å². The molecule has 132 valence electrons. The molecule has 5 nitrogen and oxygen atoms in total. The summed E-state index contributed by atoms with van der Waals surface area (Å²) >= 11 is 0. The highest BCUT2D eigenvalue weighted by atomic mass is 16.5. The Hall–Kier alpha value is -2.11. The van der Waals surface area contributed by atoms with Crippen molar-refractivity contribution >= 4 is 0 Å². The van der Waals surface area contributed by atoms with E-state index in [1.165, 1.54) is 0 Å². The van der Waals surface area contributed by atoms with E-state index in [1.54, 1.807) is 6.07 Å². The van der Waals surface area contributed by atoms with Gasteiger partial charge in [-0.1, -0.05) is 24.3 Å². The molecule has 1 N–H and O–H groups in total. The summed E-state index contributed by atoms with van der Waals surface area (Å²) < 4.78 is 7.59. The first-order valence-corrected chi connectivity index (χ1v) is 8.97. The van der Waals surface area contributed by atoms with Gasteiger partial charge in [-0.3, -0.25) is 9.69 Å². The maximum Gasteiger partial charge on any atom is 0.250 e. The number of aliphatic hydroxyl groups is 1. The first-order chi connectivity index (χ1) is 12.2. The summed E-state index contributed by atoms with van der Waals surface area (Å²) in [6, 6.07) is 15.2. The minimum Gasteiger partial charge on any atom is -0.491 e. The van der Waals surface area contributed by atoms with Gasteiger partial charge in [-0.25, -0.2) is 0 Å². The second kappa shape index (κ2) is 7.02. The Bertz CT molecular complexity index is 774. The van der Waals surface area contributed by atoms with Crippen molar-refractivity contribution in [3.8, 4) is 5.75 Å². The number of benzene rings is 1. The molecule has 0 aliphatic carbocycles. The number of fused-ring (bicyclic) bond motifs is 4. The van der Waals surface area contributed by atoms with Gasteiger partial charge in [-0.2, -0.15) is 0 Å². The largest absolute Gasteiger partial charge is 0.491 e. The van der Waals surface area contributed by atoms with Gasteiger partial charge in [0.05, 0.1) is 0 Å². The van der Waals surface area contributed by atoms with Gasteiger partial charge in [-0.15, -0.1) is 0 Å². The van der Waals surface area contributed by atoms with Crippen molar-refractivity contribution in [3.05, 3.63) is 64.6 Å². The Kier molecular flexibility index (Phi) is 4.59. The molecule has 0 radical (unpaired) electrons. The fourth-order valence-electron chi connectivity index (χ4n) is 4.20. The van der Waals surface area contributed by atoms with Crippen LogP contribution in [0.2, 0.25) is 0 Å². The molecule has 1 aromatic carbocycles. The maximum atomic E-state index is 12.1. The van der Waals surface area contributed by atoms with Gasteiger partial charge in [0.2, 0.25) is 0 Å². The zero-order valence-electron chi connectivity index (χ0n) is 14.3. The summed E-state index contributed by atoms with van der Waals surface area (Å²) in [5.74, 6) is 1.64. The van der Waals surface area contributed by atoms with Crippen LogP contribution < -0.4 is 10.3 Å². The van der Waals surface area contributed by atoms with E-state index in [-0.39, 0.29) is 5.56 Å². The van der Waals surface area contributed by atoms with E-state index < -0.39 is 6.10 Å². The van der Waals surface area contributed by atoms with Crippen molar-refractivity contribution in [2.24, 2.45) is 5.92 Å². The van der Waals surface area contributed by atoms with Crippen LogP contribution in [-0.2, 0) is 6.54 Å². The molecule has 2 aliphatic rings. The number of aliphatic hydroxyl groups excluding tert-OH is 1. The van der Waals surface area contributed by atoms with E-state index in [0.717, 1.165) is 37.5 Å². The predicted molar refractivity (Wildman–Crippen MR) is 95.9 cm³/mol. The number of nitrogens with zero attached hydrogens (tertiary/aromatic N) is 2. The number of aromatic nitrogens is 1. The zero-order valence-corrected chi connectivity index (χ0v) is 14.3. The zero-order chi connectivity index (χ0) is 17.2. The van der Waals surface area contributed by atoms with Crippen molar-refractivity contribution in [1.82, 2.24) is 9.47 Å². The fraction of sp³-hybridized carbons (Fsp3) is 0.450. The molecule has 0 spiro atoms. The van der Waals surface area contributed by atoms with Gasteiger partial charge in [0.25, 0.3) is 5.56 Å². The normalized spacial score (nSPS) is 23.7. The number of ether oxygens (including phenoxy) is 1. The third-order valence-electron chi connectivity index (χ3n) is 5.21. The molecule has 3 heterocycles. The molecular weight excluding hydrogens is 316 g/mol. The molecule has 5 heteroatoms. The molecule has 25 heavy (non-hydrogen) atoms. The minimum atomic E-state index is -0.517. The minimum absolute atomic E-state index is 0.108. The van der Waals surface area contributed by atoms with Crippen LogP contribution in [0.25, 0.3) is 0 Å². The number of pyridine rings is 1. The lowest BCUT2D eigenvalue weighted by Gasteiger charge is -2.43. The predicted octanol–water partition coefficient (Wildman–Crippen LogP) is 1.71. The third kappa shape index (κ3) is 3.62. The van der Waals surface area contributed by atoms with E-state index in [1.807, 2.05) is 41.0 Å². The van der Waals surface area contributed by atoms with Crippen molar-refractivity contribution in [2.45, 2.75) is 25.0 Å².